The molecule has 92 valence electrons. The van der Waals surface area contributed by atoms with Gasteiger partial charge < -0.3 is 0 Å². The van der Waals surface area contributed by atoms with Gasteiger partial charge in [-0.1, -0.05) is 19.1 Å². The molecule has 5 heteroatoms. The molecule has 1 aromatic rings. The summed E-state index contributed by atoms with van der Waals surface area (Å²) in [6.45, 7) is 2.08. The van der Waals surface area contributed by atoms with E-state index in [1.165, 1.54) is 12.1 Å². The van der Waals surface area contributed by atoms with Gasteiger partial charge in [-0.05, 0) is 25.0 Å². The lowest BCUT2D eigenvalue weighted by atomic mass is 10.1. The van der Waals surface area contributed by atoms with Crippen molar-refractivity contribution < 1.29 is 13.2 Å². The highest BCUT2D eigenvalue weighted by Crippen LogP contribution is 2.32. The lowest BCUT2D eigenvalue weighted by molar-refractivity contribution is 0.0967. The van der Waals surface area contributed by atoms with Crippen LogP contribution < -0.4 is 4.72 Å². The van der Waals surface area contributed by atoms with Crippen LogP contribution in [0.2, 0.25) is 0 Å². The Hall–Kier alpha value is -1.20. The molecule has 0 bridgehead atoms. The Morgan fingerprint density at radius 1 is 1.29 bits per heavy atom. The molecule has 2 rings (SSSR count). The Morgan fingerprint density at radius 3 is 2.35 bits per heavy atom. The minimum Gasteiger partial charge on any atom is -0.294 e. The van der Waals surface area contributed by atoms with Gasteiger partial charge in [0.1, 0.15) is 0 Å². The van der Waals surface area contributed by atoms with E-state index in [0.29, 0.717) is 12.1 Å². The van der Waals surface area contributed by atoms with Gasteiger partial charge in [0.15, 0.2) is 5.78 Å². The average Bonchev–Trinajstić information content (AvgIpc) is 3.12. The second kappa shape index (κ2) is 4.58. The van der Waals surface area contributed by atoms with E-state index in [0.717, 1.165) is 12.8 Å². The monoisotopic (exact) mass is 253 g/mol. The highest BCUT2D eigenvalue weighted by Gasteiger charge is 2.30. The summed E-state index contributed by atoms with van der Waals surface area (Å²) in [6.07, 6.45) is 1.91. The highest BCUT2D eigenvalue weighted by molar-refractivity contribution is 7.89. The van der Waals surface area contributed by atoms with Crippen molar-refractivity contribution in [2.24, 2.45) is 5.92 Å². The quantitative estimate of drug-likeness (QED) is 0.810. The second-order valence-corrected chi connectivity index (χ2v) is 5.93. The van der Waals surface area contributed by atoms with Gasteiger partial charge in [-0.25, -0.2) is 13.1 Å². The van der Waals surface area contributed by atoms with Crippen LogP contribution in [0.4, 0.5) is 0 Å². The lowest BCUT2D eigenvalue weighted by Crippen LogP contribution is -2.23. The van der Waals surface area contributed by atoms with E-state index in [1.807, 2.05) is 0 Å². The third kappa shape index (κ3) is 2.73. The molecular weight excluding hydrogens is 238 g/mol. The van der Waals surface area contributed by atoms with Crippen molar-refractivity contribution in [1.82, 2.24) is 4.72 Å². The Kier molecular flexibility index (Phi) is 3.31. The Bertz CT molecular complexity index is 515. The third-order valence-corrected chi connectivity index (χ3v) is 4.29. The number of Topliss-reactive ketones (excluding diaryl/α,β-unsaturated/α-hetero) is 1. The van der Waals surface area contributed by atoms with Gasteiger partial charge in [0.05, 0.1) is 4.90 Å². The Labute approximate surface area is 101 Å². The first kappa shape index (κ1) is 12.3. The first-order chi connectivity index (χ1) is 8.04. The van der Waals surface area contributed by atoms with Crippen molar-refractivity contribution >= 4 is 15.8 Å². The number of nitrogens with one attached hydrogen (secondary N) is 1. The van der Waals surface area contributed by atoms with Gasteiger partial charge in [-0.3, -0.25) is 4.79 Å². The number of hydrogen-bond acceptors (Lipinski definition) is 3. The van der Waals surface area contributed by atoms with E-state index in [2.05, 4.69) is 4.72 Å². The van der Waals surface area contributed by atoms with Crippen LogP contribution in [0.3, 0.4) is 0 Å². The Balaban J connectivity index is 2.20. The smallest absolute Gasteiger partial charge is 0.240 e. The third-order valence-electron chi connectivity index (χ3n) is 2.73. The molecule has 0 aliphatic heterocycles. The highest BCUT2D eigenvalue weighted by atomic mass is 32.2. The van der Waals surface area contributed by atoms with Crippen molar-refractivity contribution in [3.05, 3.63) is 29.8 Å². The van der Waals surface area contributed by atoms with E-state index in [4.69, 9.17) is 0 Å². The number of rotatable bonds is 5. The zero-order valence-corrected chi connectivity index (χ0v) is 10.5. The number of ketones is 1. The summed E-state index contributed by atoms with van der Waals surface area (Å²) in [6, 6.07) is 6.14. The van der Waals surface area contributed by atoms with Crippen LogP contribution >= 0.6 is 0 Å². The van der Waals surface area contributed by atoms with Crippen LogP contribution in [0.15, 0.2) is 29.2 Å². The van der Waals surface area contributed by atoms with Gasteiger partial charge in [-0.2, -0.15) is 0 Å². The summed E-state index contributed by atoms with van der Waals surface area (Å²) >= 11 is 0. The molecule has 17 heavy (non-hydrogen) atoms. The van der Waals surface area contributed by atoms with E-state index in [9.17, 15) is 13.2 Å². The molecule has 1 saturated carbocycles. The van der Waals surface area contributed by atoms with Gasteiger partial charge >= 0.3 is 0 Å². The van der Waals surface area contributed by atoms with Gasteiger partial charge in [0, 0.05) is 18.0 Å². The van der Waals surface area contributed by atoms with Crippen LogP contribution in [-0.2, 0) is 10.0 Å². The fourth-order valence-corrected chi connectivity index (χ4v) is 2.69. The summed E-state index contributed by atoms with van der Waals surface area (Å²) in [7, 11) is -3.42. The molecule has 0 amide bonds. The van der Waals surface area contributed by atoms with E-state index < -0.39 is 10.0 Å². The largest absolute Gasteiger partial charge is 0.294 e. The predicted octanol–water partition coefficient (Wildman–Crippen LogP) is 1.58. The predicted molar refractivity (Wildman–Crippen MR) is 64.4 cm³/mol. The first-order valence-electron chi connectivity index (χ1n) is 5.68. The number of hydrogen-bond donors (Lipinski definition) is 1. The lowest BCUT2D eigenvalue weighted by Gasteiger charge is -2.05. The van der Waals surface area contributed by atoms with E-state index in [-0.39, 0.29) is 16.6 Å². The zero-order valence-electron chi connectivity index (χ0n) is 9.64. The molecule has 1 fully saturated rings. The summed E-state index contributed by atoms with van der Waals surface area (Å²) in [5.41, 5.74) is 0.600. The van der Waals surface area contributed by atoms with E-state index in [1.54, 1.807) is 19.1 Å². The van der Waals surface area contributed by atoms with Crippen molar-refractivity contribution in [3.8, 4) is 0 Å². The molecule has 0 radical (unpaired) electrons. The minimum atomic E-state index is -3.42. The minimum absolute atomic E-state index is 0.123. The molecule has 4 nitrogen and oxygen atoms in total. The van der Waals surface area contributed by atoms with Crippen molar-refractivity contribution in [1.29, 1.82) is 0 Å². The molecule has 0 atom stereocenters. The van der Waals surface area contributed by atoms with Gasteiger partial charge in [-0.15, -0.1) is 0 Å². The van der Waals surface area contributed by atoms with Crippen LogP contribution in [-0.4, -0.2) is 20.7 Å². The number of carbonyl (C=O) groups excluding carboxylic acids is 1. The summed E-state index contributed by atoms with van der Waals surface area (Å²) < 4.78 is 25.7. The topological polar surface area (TPSA) is 63.2 Å². The summed E-state index contributed by atoms with van der Waals surface area (Å²) in [5.74, 6) is 0.281. The summed E-state index contributed by atoms with van der Waals surface area (Å²) in [4.78, 5) is 11.9. The van der Waals surface area contributed by atoms with Gasteiger partial charge in [0.2, 0.25) is 10.0 Å². The molecule has 0 heterocycles. The molecule has 1 N–H and O–H groups in total. The molecule has 1 aliphatic carbocycles. The average molecular weight is 253 g/mol. The molecule has 0 saturated heterocycles. The molecule has 0 unspecified atom stereocenters. The van der Waals surface area contributed by atoms with Crippen LogP contribution in [0, 0.1) is 5.92 Å². The Morgan fingerprint density at radius 2 is 1.88 bits per heavy atom. The van der Waals surface area contributed by atoms with Crippen molar-refractivity contribution in [3.63, 3.8) is 0 Å². The number of sulfonamides is 1. The normalized spacial score (nSPS) is 15.8. The van der Waals surface area contributed by atoms with E-state index >= 15 is 0 Å². The fourth-order valence-electron chi connectivity index (χ4n) is 1.65. The number of carbonyl (C=O) groups is 1. The first-order valence-corrected chi connectivity index (χ1v) is 7.17. The summed E-state index contributed by atoms with van der Waals surface area (Å²) in [5, 5.41) is 0. The maximum absolute atomic E-state index is 11.7. The molecule has 1 aliphatic rings. The maximum atomic E-state index is 11.7. The van der Waals surface area contributed by atoms with Crippen LogP contribution in [0.5, 0.6) is 0 Å². The SMILES string of the molecule is CCNS(=O)(=O)c1ccc(C(=O)C2CC2)cc1. The standard InChI is InChI=1S/C12H15NO3S/c1-2-13-17(15,16)11-7-5-10(6-8-11)12(14)9-3-4-9/h5-9,13H,2-4H2,1H3. The van der Waals surface area contributed by atoms with Crippen molar-refractivity contribution in [2.75, 3.05) is 6.54 Å². The fraction of sp³-hybridized carbons (Fsp3) is 0.417. The van der Waals surface area contributed by atoms with Gasteiger partial charge in [0.25, 0.3) is 0 Å². The second-order valence-electron chi connectivity index (χ2n) is 4.16. The number of benzene rings is 1. The van der Waals surface area contributed by atoms with Crippen LogP contribution in [0.1, 0.15) is 30.1 Å². The molecule has 0 aromatic heterocycles. The molecule has 1 aromatic carbocycles. The van der Waals surface area contributed by atoms with Crippen molar-refractivity contribution in [2.45, 2.75) is 24.7 Å². The molecule has 0 spiro atoms. The zero-order chi connectivity index (χ0) is 12.5. The maximum Gasteiger partial charge on any atom is 0.240 e. The molecular formula is C12H15NO3S. The van der Waals surface area contributed by atoms with Crippen LogP contribution in [0.25, 0.3) is 0 Å².